The summed E-state index contributed by atoms with van der Waals surface area (Å²) < 4.78 is 6.05. The molecule has 4 nitrogen and oxygen atoms in total. The van der Waals surface area contributed by atoms with Crippen LogP contribution in [-0.4, -0.2) is 73.0 Å². The van der Waals surface area contributed by atoms with Gasteiger partial charge in [-0.2, -0.15) is 0 Å². The Morgan fingerprint density at radius 2 is 1.77 bits per heavy atom. The number of rotatable bonds is 6. The second kappa shape index (κ2) is 8.09. The molecule has 2 aliphatic rings. The molecular weight excluding hydrogens is 276 g/mol. The maximum absolute atomic E-state index is 10.3. The van der Waals surface area contributed by atoms with E-state index in [0.717, 1.165) is 58.0 Å². The van der Waals surface area contributed by atoms with E-state index in [4.69, 9.17) is 4.74 Å². The van der Waals surface area contributed by atoms with Gasteiger partial charge in [-0.3, -0.25) is 4.90 Å². The third-order valence-corrected chi connectivity index (χ3v) is 5.25. The fraction of sp³-hybridized carbons (Fsp3) is 1.00. The van der Waals surface area contributed by atoms with E-state index in [1.54, 1.807) is 0 Å². The van der Waals surface area contributed by atoms with Gasteiger partial charge in [0, 0.05) is 32.7 Å². The van der Waals surface area contributed by atoms with Crippen LogP contribution in [0.3, 0.4) is 0 Å². The summed E-state index contributed by atoms with van der Waals surface area (Å²) in [5.41, 5.74) is 0.379. The molecule has 1 aliphatic heterocycles. The summed E-state index contributed by atoms with van der Waals surface area (Å²) in [6, 6.07) is 0. The topological polar surface area (TPSA) is 35.9 Å². The first-order valence-electron chi connectivity index (χ1n) is 9.12. The third kappa shape index (κ3) is 5.80. The van der Waals surface area contributed by atoms with Gasteiger partial charge >= 0.3 is 0 Å². The highest BCUT2D eigenvalue weighted by atomic mass is 16.5. The molecule has 0 bridgehead atoms. The van der Waals surface area contributed by atoms with Crippen LogP contribution in [0.5, 0.6) is 0 Å². The highest BCUT2D eigenvalue weighted by Gasteiger charge is 2.32. The van der Waals surface area contributed by atoms with Gasteiger partial charge in [-0.1, -0.05) is 27.7 Å². The molecule has 0 amide bonds. The molecule has 0 spiro atoms. The van der Waals surface area contributed by atoms with Crippen LogP contribution in [0, 0.1) is 11.3 Å². The Hall–Kier alpha value is -0.160. The summed E-state index contributed by atoms with van der Waals surface area (Å²) in [6.07, 6.45) is 3.53. The summed E-state index contributed by atoms with van der Waals surface area (Å²) in [6.45, 7) is 16.0. The van der Waals surface area contributed by atoms with Crippen molar-refractivity contribution in [1.82, 2.24) is 9.80 Å². The van der Waals surface area contributed by atoms with Gasteiger partial charge in [0.1, 0.15) is 0 Å². The lowest BCUT2D eigenvalue weighted by Crippen LogP contribution is -2.49. The van der Waals surface area contributed by atoms with Crippen LogP contribution in [0.1, 0.15) is 47.0 Å². The van der Waals surface area contributed by atoms with Crippen LogP contribution >= 0.6 is 0 Å². The Bertz CT molecular complexity index is 327. The van der Waals surface area contributed by atoms with Gasteiger partial charge < -0.3 is 14.7 Å². The molecule has 1 aliphatic carbocycles. The van der Waals surface area contributed by atoms with Gasteiger partial charge in [0.2, 0.25) is 0 Å². The van der Waals surface area contributed by atoms with E-state index >= 15 is 0 Å². The van der Waals surface area contributed by atoms with Crippen molar-refractivity contribution in [1.29, 1.82) is 0 Å². The number of hydrogen-bond acceptors (Lipinski definition) is 4. The van der Waals surface area contributed by atoms with Crippen molar-refractivity contribution in [3.63, 3.8) is 0 Å². The average Bonchev–Trinajstić information content (AvgIpc) is 2.44. The molecule has 130 valence electrons. The summed E-state index contributed by atoms with van der Waals surface area (Å²) in [7, 11) is 0. The van der Waals surface area contributed by atoms with E-state index in [1.807, 2.05) is 0 Å². The first-order valence-corrected chi connectivity index (χ1v) is 9.12. The molecule has 0 aromatic rings. The predicted octanol–water partition coefficient (Wildman–Crippen LogP) is 2.22. The number of ether oxygens (including phenoxy) is 1. The van der Waals surface area contributed by atoms with Crippen molar-refractivity contribution in [3.8, 4) is 0 Å². The molecule has 0 aromatic carbocycles. The number of aliphatic hydroxyl groups excluding tert-OH is 1. The van der Waals surface area contributed by atoms with E-state index in [0.29, 0.717) is 18.1 Å². The van der Waals surface area contributed by atoms with Gasteiger partial charge in [-0.15, -0.1) is 0 Å². The summed E-state index contributed by atoms with van der Waals surface area (Å²) in [5, 5.41) is 10.3. The average molecular weight is 312 g/mol. The quantitative estimate of drug-likeness (QED) is 0.816. The molecule has 0 aromatic heterocycles. The minimum atomic E-state index is -0.353. The highest BCUT2D eigenvalue weighted by Crippen LogP contribution is 2.39. The monoisotopic (exact) mass is 312 g/mol. The zero-order chi connectivity index (χ0) is 16.2. The number of piperazine rings is 1. The smallest absolute Gasteiger partial charge is 0.0900 e. The third-order valence-electron chi connectivity index (χ3n) is 5.25. The lowest BCUT2D eigenvalue weighted by molar-refractivity contribution is -0.0632. The van der Waals surface area contributed by atoms with Crippen LogP contribution in [0.2, 0.25) is 0 Å². The van der Waals surface area contributed by atoms with Crippen molar-refractivity contribution >= 4 is 0 Å². The van der Waals surface area contributed by atoms with Crippen LogP contribution in [0.25, 0.3) is 0 Å². The van der Waals surface area contributed by atoms with Crippen LogP contribution in [0.4, 0.5) is 0 Å². The van der Waals surface area contributed by atoms with E-state index in [1.165, 1.54) is 6.42 Å². The number of aliphatic hydroxyl groups is 1. The molecule has 4 heteroatoms. The second-order valence-electron chi connectivity index (χ2n) is 8.26. The highest BCUT2D eigenvalue weighted by molar-refractivity contribution is 4.83. The largest absolute Gasteiger partial charge is 0.389 e. The standard InChI is InChI=1S/C18H36N2O2/c1-5-19-6-8-20(9-7-19)13-16(21)14-22-17-10-15(2)11-18(3,4)12-17/h15-17,21H,5-14H2,1-4H3/t15-,16+,17-/m1/s1. The molecule has 1 heterocycles. The zero-order valence-electron chi connectivity index (χ0n) is 15.1. The molecule has 2 fully saturated rings. The maximum Gasteiger partial charge on any atom is 0.0900 e. The molecule has 1 saturated heterocycles. The molecule has 3 atom stereocenters. The number of likely N-dealkylation sites (N-methyl/N-ethyl adjacent to an activating group) is 1. The number of β-amino-alcohol motifs (C(OH)–C–C–N with tert-alkyl or cyclic N) is 1. The molecule has 0 unspecified atom stereocenters. The number of hydrogen-bond donors (Lipinski definition) is 1. The fourth-order valence-electron chi connectivity index (χ4n) is 4.27. The Morgan fingerprint density at radius 1 is 1.14 bits per heavy atom. The second-order valence-corrected chi connectivity index (χ2v) is 8.26. The summed E-state index contributed by atoms with van der Waals surface area (Å²) in [5.74, 6) is 0.730. The van der Waals surface area contributed by atoms with E-state index in [-0.39, 0.29) is 6.10 Å². The minimum Gasteiger partial charge on any atom is -0.389 e. The number of nitrogens with zero attached hydrogens (tertiary/aromatic N) is 2. The van der Waals surface area contributed by atoms with Crippen molar-refractivity contribution < 1.29 is 9.84 Å². The van der Waals surface area contributed by atoms with Crippen molar-refractivity contribution in [3.05, 3.63) is 0 Å². The Kier molecular flexibility index (Phi) is 6.69. The molecule has 2 rings (SSSR count). The van der Waals surface area contributed by atoms with E-state index in [2.05, 4.69) is 37.5 Å². The SMILES string of the molecule is CCN1CCN(C[C@H](O)CO[C@@H]2C[C@@H](C)CC(C)(C)C2)CC1. The van der Waals surface area contributed by atoms with Gasteiger partial charge in [0.25, 0.3) is 0 Å². The minimum absolute atomic E-state index is 0.324. The molecular formula is C18H36N2O2. The van der Waals surface area contributed by atoms with Crippen LogP contribution < -0.4 is 0 Å². The Morgan fingerprint density at radius 3 is 2.36 bits per heavy atom. The first-order chi connectivity index (χ1) is 10.4. The first kappa shape index (κ1) is 18.2. The van der Waals surface area contributed by atoms with Gasteiger partial charge in [-0.05, 0) is 37.1 Å². The van der Waals surface area contributed by atoms with E-state index in [9.17, 15) is 5.11 Å². The van der Waals surface area contributed by atoms with Gasteiger partial charge in [0.05, 0.1) is 18.8 Å². The Labute approximate surface area is 136 Å². The molecule has 1 saturated carbocycles. The van der Waals surface area contributed by atoms with E-state index < -0.39 is 0 Å². The van der Waals surface area contributed by atoms with Crippen molar-refractivity contribution in [2.24, 2.45) is 11.3 Å². The lowest BCUT2D eigenvalue weighted by Gasteiger charge is -2.39. The summed E-state index contributed by atoms with van der Waals surface area (Å²) in [4.78, 5) is 4.83. The fourth-order valence-corrected chi connectivity index (χ4v) is 4.27. The van der Waals surface area contributed by atoms with Crippen LogP contribution in [-0.2, 0) is 4.74 Å². The van der Waals surface area contributed by atoms with Crippen LogP contribution in [0.15, 0.2) is 0 Å². The van der Waals surface area contributed by atoms with Crippen molar-refractivity contribution in [2.75, 3.05) is 45.9 Å². The lowest BCUT2D eigenvalue weighted by atomic mass is 9.71. The zero-order valence-corrected chi connectivity index (χ0v) is 15.1. The van der Waals surface area contributed by atoms with Gasteiger partial charge in [-0.25, -0.2) is 0 Å². The maximum atomic E-state index is 10.3. The predicted molar refractivity (Wildman–Crippen MR) is 91.1 cm³/mol. The van der Waals surface area contributed by atoms with Gasteiger partial charge in [0.15, 0.2) is 0 Å². The summed E-state index contributed by atoms with van der Waals surface area (Å²) >= 11 is 0. The Balaban J connectivity index is 1.66. The molecule has 1 N–H and O–H groups in total. The normalized spacial score (nSPS) is 32.0. The molecule has 22 heavy (non-hydrogen) atoms. The van der Waals surface area contributed by atoms with Crippen molar-refractivity contribution in [2.45, 2.75) is 59.2 Å². The molecule has 0 radical (unpaired) electrons.